The Hall–Kier alpha value is -0.0800. The van der Waals surface area contributed by atoms with Crippen LogP contribution in [-0.2, 0) is 0 Å². The van der Waals surface area contributed by atoms with Crippen LogP contribution in [0.1, 0.15) is 39.0 Å². The van der Waals surface area contributed by atoms with E-state index >= 15 is 0 Å². The molecule has 0 aliphatic carbocycles. The Bertz CT molecular complexity index is 144. The van der Waals surface area contributed by atoms with Gasteiger partial charge in [-0.15, -0.1) is 0 Å². The summed E-state index contributed by atoms with van der Waals surface area (Å²) in [7, 11) is 0. The summed E-state index contributed by atoms with van der Waals surface area (Å²) in [6.07, 6.45) is 6.82. The lowest BCUT2D eigenvalue weighted by molar-refractivity contribution is 0.337. The van der Waals surface area contributed by atoms with Gasteiger partial charge in [-0.2, -0.15) is 0 Å². The van der Waals surface area contributed by atoms with Gasteiger partial charge in [0.1, 0.15) is 0 Å². The largest absolute Gasteiger partial charge is 0.314 e. The third-order valence-electron chi connectivity index (χ3n) is 3.32. The molecule has 2 fully saturated rings. The molecule has 0 aromatic heterocycles. The van der Waals surface area contributed by atoms with Crippen LogP contribution in [0.4, 0.5) is 0 Å². The number of rotatable bonds is 2. The highest BCUT2D eigenvalue weighted by atomic mass is 15.0. The predicted octanol–water partition coefficient (Wildman–Crippen LogP) is 1.27. The van der Waals surface area contributed by atoms with Crippen LogP contribution in [0.3, 0.4) is 0 Å². The minimum atomic E-state index is 0.446. The first-order chi connectivity index (χ1) is 5.79. The summed E-state index contributed by atoms with van der Waals surface area (Å²) in [5.41, 5.74) is 0.446. The molecule has 0 spiro atoms. The molecule has 0 saturated carbocycles. The molecular weight excluding hydrogens is 148 g/mol. The Balaban J connectivity index is 1.83. The van der Waals surface area contributed by atoms with Gasteiger partial charge in [-0.25, -0.2) is 0 Å². The Labute approximate surface area is 75.1 Å². The van der Waals surface area contributed by atoms with Crippen LogP contribution < -0.4 is 10.6 Å². The smallest absolute Gasteiger partial charge is 0.0168 e. The standard InChI is InChI=1S/C10H20N2/c1-10(5-3-7-12-10)8-9-4-2-6-11-9/h9,11-12H,2-8H2,1H3. The molecule has 0 aromatic carbocycles. The molecule has 2 saturated heterocycles. The molecule has 2 aliphatic rings. The SMILES string of the molecule is CC1(CC2CCCN2)CCCN1. The van der Waals surface area contributed by atoms with Crippen LogP contribution in [0.5, 0.6) is 0 Å². The van der Waals surface area contributed by atoms with Gasteiger partial charge < -0.3 is 10.6 Å². The highest BCUT2D eigenvalue weighted by molar-refractivity contribution is 4.93. The maximum atomic E-state index is 3.62. The maximum absolute atomic E-state index is 3.62. The van der Waals surface area contributed by atoms with Crippen molar-refractivity contribution >= 4 is 0 Å². The van der Waals surface area contributed by atoms with Gasteiger partial charge in [0.2, 0.25) is 0 Å². The summed E-state index contributed by atoms with van der Waals surface area (Å²) in [6.45, 7) is 4.84. The fraction of sp³-hybridized carbons (Fsp3) is 1.00. The Morgan fingerprint density at radius 1 is 1.33 bits per heavy atom. The monoisotopic (exact) mass is 168 g/mol. The van der Waals surface area contributed by atoms with Crippen LogP contribution in [0.15, 0.2) is 0 Å². The van der Waals surface area contributed by atoms with E-state index in [1.165, 1.54) is 45.2 Å². The van der Waals surface area contributed by atoms with Gasteiger partial charge >= 0.3 is 0 Å². The summed E-state index contributed by atoms with van der Waals surface area (Å²) in [5, 5.41) is 7.19. The Morgan fingerprint density at radius 3 is 2.83 bits per heavy atom. The van der Waals surface area contributed by atoms with Gasteiger partial charge in [0.15, 0.2) is 0 Å². The van der Waals surface area contributed by atoms with Gasteiger partial charge in [0, 0.05) is 11.6 Å². The molecule has 2 heterocycles. The fourth-order valence-electron chi connectivity index (χ4n) is 2.61. The normalized spacial score (nSPS) is 42.2. The molecule has 2 rings (SSSR count). The maximum Gasteiger partial charge on any atom is 0.0168 e. The number of nitrogens with one attached hydrogen (secondary N) is 2. The predicted molar refractivity (Wildman–Crippen MR) is 51.3 cm³/mol. The van der Waals surface area contributed by atoms with Crippen LogP contribution in [0, 0.1) is 0 Å². The van der Waals surface area contributed by atoms with Crippen molar-refractivity contribution in [3.05, 3.63) is 0 Å². The Morgan fingerprint density at radius 2 is 2.25 bits per heavy atom. The van der Waals surface area contributed by atoms with Crippen molar-refractivity contribution in [2.75, 3.05) is 13.1 Å². The highest BCUT2D eigenvalue weighted by Gasteiger charge is 2.31. The van der Waals surface area contributed by atoms with Crippen LogP contribution in [0.25, 0.3) is 0 Å². The molecular formula is C10H20N2. The van der Waals surface area contributed by atoms with Crippen molar-refractivity contribution in [1.82, 2.24) is 10.6 Å². The number of hydrogen-bond donors (Lipinski definition) is 2. The van der Waals surface area contributed by atoms with Crippen LogP contribution >= 0.6 is 0 Å². The molecule has 2 aliphatic heterocycles. The van der Waals surface area contributed by atoms with Crippen molar-refractivity contribution in [2.24, 2.45) is 0 Å². The van der Waals surface area contributed by atoms with E-state index < -0.39 is 0 Å². The van der Waals surface area contributed by atoms with E-state index in [-0.39, 0.29) is 0 Å². The summed E-state index contributed by atoms with van der Waals surface area (Å²) in [6, 6.07) is 0.792. The molecule has 0 bridgehead atoms. The lowest BCUT2D eigenvalue weighted by atomic mass is 9.91. The first-order valence-corrected chi connectivity index (χ1v) is 5.27. The first kappa shape index (κ1) is 8.52. The minimum absolute atomic E-state index is 0.446. The second kappa shape index (κ2) is 3.35. The molecule has 2 nitrogen and oxygen atoms in total. The van der Waals surface area contributed by atoms with Crippen LogP contribution in [-0.4, -0.2) is 24.7 Å². The van der Waals surface area contributed by atoms with Gasteiger partial charge in [-0.3, -0.25) is 0 Å². The third-order valence-corrected chi connectivity index (χ3v) is 3.32. The van der Waals surface area contributed by atoms with Gasteiger partial charge in [-0.1, -0.05) is 0 Å². The lowest BCUT2D eigenvalue weighted by Gasteiger charge is -2.27. The van der Waals surface area contributed by atoms with Crippen molar-refractivity contribution in [1.29, 1.82) is 0 Å². The third kappa shape index (κ3) is 1.80. The Kier molecular flexibility index (Phi) is 2.37. The van der Waals surface area contributed by atoms with Crippen molar-refractivity contribution in [3.63, 3.8) is 0 Å². The molecule has 2 heteroatoms. The quantitative estimate of drug-likeness (QED) is 0.649. The van der Waals surface area contributed by atoms with E-state index in [2.05, 4.69) is 17.6 Å². The first-order valence-electron chi connectivity index (χ1n) is 5.27. The summed E-state index contributed by atoms with van der Waals surface area (Å²) in [4.78, 5) is 0. The van der Waals surface area contributed by atoms with Crippen LogP contribution in [0.2, 0.25) is 0 Å². The van der Waals surface area contributed by atoms with Crippen molar-refractivity contribution < 1.29 is 0 Å². The second-order valence-corrected chi connectivity index (χ2v) is 4.59. The van der Waals surface area contributed by atoms with Crippen molar-refractivity contribution in [2.45, 2.75) is 50.6 Å². The average Bonchev–Trinajstić information content (AvgIpc) is 2.62. The second-order valence-electron chi connectivity index (χ2n) is 4.59. The van der Waals surface area contributed by atoms with E-state index in [4.69, 9.17) is 0 Å². The van der Waals surface area contributed by atoms with Gasteiger partial charge in [0.05, 0.1) is 0 Å². The zero-order chi connectivity index (χ0) is 8.44. The number of hydrogen-bond acceptors (Lipinski definition) is 2. The van der Waals surface area contributed by atoms with E-state index in [1.807, 2.05) is 0 Å². The molecule has 2 N–H and O–H groups in total. The fourth-order valence-corrected chi connectivity index (χ4v) is 2.61. The zero-order valence-corrected chi connectivity index (χ0v) is 8.03. The van der Waals surface area contributed by atoms with E-state index in [0.717, 1.165) is 6.04 Å². The summed E-state index contributed by atoms with van der Waals surface area (Å²) >= 11 is 0. The lowest BCUT2D eigenvalue weighted by Crippen LogP contribution is -2.41. The minimum Gasteiger partial charge on any atom is -0.314 e. The topological polar surface area (TPSA) is 24.1 Å². The molecule has 0 amide bonds. The molecule has 2 unspecified atom stereocenters. The highest BCUT2D eigenvalue weighted by Crippen LogP contribution is 2.26. The van der Waals surface area contributed by atoms with Crippen molar-refractivity contribution in [3.8, 4) is 0 Å². The van der Waals surface area contributed by atoms with Gasteiger partial charge in [0.25, 0.3) is 0 Å². The molecule has 12 heavy (non-hydrogen) atoms. The summed E-state index contributed by atoms with van der Waals surface area (Å²) in [5.74, 6) is 0. The molecule has 70 valence electrons. The van der Waals surface area contributed by atoms with Gasteiger partial charge in [-0.05, 0) is 52.1 Å². The van der Waals surface area contributed by atoms with E-state index in [9.17, 15) is 0 Å². The molecule has 0 radical (unpaired) electrons. The van der Waals surface area contributed by atoms with E-state index in [0.29, 0.717) is 5.54 Å². The molecule has 0 aromatic rings. The average molecular weight is 168 g/mol. The summed E-state index contributed by atoms with van der Waals surface area (Å²) < 4.78 is 0. The zero-order valence-electron chi connectivity index (χ0n) is 8.03. The molecule has 2 atom stereocenters. The van der Waals surface area contributed by atoms with E-state index in [1.54, 1.807) is 0 Å².